The molecule has 0 unspecified atom stereocenters. The van der Waals surface area contributed by atoms with Crippen LogP contribution in [-0.2, 0) is 27.3 Å². The van der Waals surface area contributed by atoms with Gasteiger partial charge in [0.2, 0.25) is 5.91 Å². The van der Waals surface area contributed by atoms with Crippen LogP contribution in [-0.4, -0.2) is 55.2 Å². The average Bonchev–Trinajstić information content (AvgIpc) is 2.77. The van der Waals surface area contributed by atoms with Crippen LogP contribution in [0.1, 0.15) is 24.5 Å². The summed E-state index contributed by atoms with van der Waals surface area (Å²) in [5.41, 5.74) is 1.83. The molecule has 164 valence electrons. The number of aromatic nitrogens is 1. The number of nitrogens with zero attached hydrogens (tertiary/aromatic N) is 3. The molecule has 3 rings (SSSR count). The SMILES string of the molecule is CCOC(=O)Cc1cncc(N2CCC(=O)N(Cc3ccc(OC)cc3OC)C2=O)c1. The van der Waals surface area contributed by atoms with Gasteiger partial charge >= 0.3 is 12.0 Å². The van der Waals surface area contributed by atoms with Crippen LogP contribution in [0.2, 0.25) is 0 Å². The van der Waals surface area contributed by atoms with Gasteiger partial charge in [-0.1, -0.05) is 0 Å². The Balaban J connectivity index is 1.81. The summed E-state index contributed by atoms with van der Waals surface area (Å²) in [7, 11) is 3.07. The van der Waals surface area contributed by atoms with Crippen LogP contribution in [0.25, 0.3) is 0 Å². The van der Waals surface area contributed by atoms with E-state index in [9.17, 15) is 14.4 Å². The lowest BCUT2D eigenvalue weighted by atomic mass is 10.1. The Morgan fingerprint density at radius 1 is 1.13 bits per heavy atom. The number of hydrogen-bond acceptors (Lipinski definition) is 7. The molecular formula is C22H25N3O6. The fraction of sp³-hybridized carbons (Fsp3) is 0.364. The summed E-state index contributed by atoms with van der Waals surface area (Å²) in [6.07, 6.45) is 3.32. The van der Waals surface area contributed by atoms with Crippen molar-refractivity contribution >= 4 is 23.6 Å². The smallest absolute Gasteiger partial charge is 0.331 e. The van der Waals surface area contributed by atoms with Crippen molar-refractivity contribution in [3.8, 4) is 11.5 Å². The second-order valence-electron chi connectivity index (χ2n) is 6.88. The lowest BCUT2D eigenvalue weighted by Gasteiger charge is -2.34. The van der Waals surface area contributed by atoms with Gasteiger partial charge in [0.25, 0.3) is 0 Å². The summed E-state index contributed by atoms with van der Waals surface area (Å²) in [5.74, 6) is 0.503. The first kappa shape index (κ1) is 22.1. The third-order valence-electron chi connectivity index (χ3n) is 4.88. The highest BCUT2D eigenvalue weighted by molar-refractivity contribution is 6.05. The van der Waals surface area contributed by atoms with Crippen LogP contribution in [0.15, 0.2) is 36.7 Å². The molecule has 1 saturated heterocycles. The molecular weight excluding hydrogens is 402 g/mol. The number of carbonyl (C=O) groups is 3. The molecule has 0 atom stereocenters. The maximum atomic E-state index is 13.1. The van der Waals surface area contributed by atoms with Gasteiger partial charge < -0.3 is 14.2 Å². The number of hydrogen-bond donors (Lipinski definition) is 0. The van der Waals surface area contributed by atoms with Crippen LogP contribution in [0, 0.1) is 0 Å². The number of ether oxygens (including phenoxy) is 3. The van der Waals surface area contributed by atoms with Crippen molar-refractivity contribution in [3.05, 3.63) is 47.8 Å². The number of carbonyl (C=O) groups excluding carboxylic acids is 3. The molecule has 0 bridgehead atoms. The number of methoxy groups -OCH3 is 2. The van der Waals surface area contributed by atoms with E-state index in [4.69, 9.17) is 14.2 Å². The van der Waals surface area contributed by atoms with Gasteiger partial charge in [-0.05, 0) is 30.7 Å². The third kappa shape index (κ3) is 5.11. The van der Waals surface area contributed by atoms with E-state index in [1.54, 1.807) is 44.5 Å². The minimum atomic E-state index is -0.454. The minimum absolute atomic E-state index is 0.0579. The number of imide groups is 1. The summed E-state index contributed by atoms with van der Waals surface area (Å²) < 4.78 is 15.6. The molecule has 0 spiro atoms. The third-order valence-corrected chi connectivity index (χ3v) is 4.88. The zero-order chi connectivity index (χ0) is 22.4. The Labute approximate surface area is 180 Å². The van der Waals surface area contributed by atoms with E-state index in [1.165, 1.54) is 23.1 Å². The highest BCUT2D eigenvalue weighted by atomic mass is 16.5. The minimum Gasteiger partial charge on any atom is -0.497 e. The zero-order valence-electron chi connectivity index (χ0n) is 17.8. The predicted octanol–water partition coefficient (Wildman–Crippen LogP) is 2.56. The number of urea groups is 1. The number of amides is 3. The van der Waals surface area contributed by atoms with E-state index in [1.807, 2.05) is 0 Å². The molecule has 0 aliphatic carbocycles. The molecule has 1 aliphatic rings. The Hall–Kier alpha value is -3.62. The first-order valence-corrected chi connectivity index (χ1v) is 9.89. The van der Waals surface area contributed by atoms with E-state index >= 15 is 0 Å². The van der Waals surface area contributed by atoms with Gasteiger partial charge in [0.1, 0.15) is 11.5 Å². The molecule has 1 aromatic heterocycles. The number of pyridine rings is 1. The summed E-state index contributed by atoms with van der Waals surface area (Å²) in [6.45, 7) is 2.33. The summed E-state index contributed by atoms with van der Waals surface area (Å²) >= 11 is 0. The van der Waals surface area contributed by atoms with Crippen molar-refractivity contribution in [2.24, 2.45) is 0 Å². The van der Waals surface area contributed by atoms with Crippen molar-refractivity contribution in [3.63, 3.8) is 0 Å². The summed E-state index contributed by atoms with van der Waals surface area (Å²) in [6, 6.07) is 6.47. The molecule has 9 heteroatoms. The molecule has 0 N–H and O–H groups in total. The molecule has 1 fully saturated rings. The van der Waals surface area contributed by atoms with Gasteiger partial charge in [0, 0.05) is 30.8 Å². The Morgan fingerprint density at radius 2 is 1.94 bits per heavy atom. The van der Waals surface area contributed by atoms with E-state index in [-0.39, 0.29) is 37.8 Å². The molecule has 0 radical (unpaired) electrons. The van der Waals surface area contributed by atoms with E-state index < -0.39 is 6.03 Å². The van der Waals surface area contributed by atoms with Crippen LogP contribution in [0.3, 0.4) is 0 Å². The number of anilines is 1. The Morgan fingerprint density at radius 3 is 2.65 bits per heavy atom. The highest BCUT2D eigenvalue weighted by Crippen LogP contribution is 2.28. The van der Waals surface area contributed by atoms with E-state index in [2.05, 4.69) is 4.98 Å². The first-order valence-electron chi connectivity index (χ1n) is 9.89. The number of benzene rings is 1. The van der Waals surface area contributed by atoms with Gasteiger partial charge in [-0.2, -0.15) is 0 Å². The fourth-order valence-corrected chi connectivity index (χ4v) is 3.34. The second kappa shape index (κ2) is 9.92. The van der Waals surface area contributed by atoms with E-state index in [0.717, 1.165) is 0 Å². The summed E-state index contributed by atoms with van der Waals surface area (Å²) in [5, 5.41) is 0. The molecule has 2 aromatic rings. The van der Waals surface area contributed by atoms with Gasteiger partial charge in [0.15, 0.2) is 0 Å². The maximum absolute atomic E-state index is 13.1. The fourth-order valence-electron chi connectivity index (χ4n) is 3.34. The molecule has 1 aliphatic heterocycles. The maximum Gasteiger partial charge on any atom is 0.331 e. The largest absolute Gasteiger partial charge is 0.497 e. The normalized spacial score (nSPS) is 13.9. The van der Waals surface area contributed by atoms with Crippen molar-refractivity contribution < 1.29 is 28.6 Å². The Kier molecular flexibility index (Phi) is 7.07. The molecule has 2 heterocycles. The molecule has 3 amide bonds. The summed E-state index contributed by atoms with van der Waals surface area (Å²) in [4.78, 5) is 44.3. The first-order chi connectivity index (χ1) is 15.0. The van der Waals surface area contributed by atoms with Gasteiger partial charge in [-0.15, -0.1) is 0 Å². The van der Waals surface area contributed by atoms with Crippen molar-refractivity contribution in [2.75, 3.05) is 32.3 Å². The van der Waals surface area contributed by atoms with Crippen LogP contribution in [0.5, 0.6) is 11.5 Å². The monoisotopic (exact) mass is 427 g/mol. The van der Waals surface area contributed by atoms with Gasteiger partial charge in [-0.25, -0.2) is 4.79 Å². The quantitative estimate of drug-likeness (QED) is 0.597. The lowest BCUT2D eigenvalue weighted by molar-refractivity contribution is -0.142. The van der Waals surface area contributed by atoms with Crippen molar-refractivity contribution in [2.45, 2.75) is 26.3 Å². The molecule has 9 nitrogen and oxygen atoms in total. The standard InChI is InChI=1S/C22H25N3O6/c1-4-31-21(27)10-15-9-17(13-23-12-15)24-8-7-20(26)25(22(24)28)14-16-5-6-18(29-2)11-19(16)30-3/h5-6,9,11-13H,4,7-8,10,14H2,1-3H3. The van der Waals surface area contributed by atoms with E-state index in [0.29, 0.717) is 34.9 Å². The predicted molar refractivity (Wildman–Crippen MR) is 112 cm³/mol. The second-order valence-corrected chi connectivity index (χ2v) is 6.88. The van der Waals surface area contributed by atoms with Crippen molar-refractivity contribution in [1.29, 1.82) is 0 Å². The average molecular weight is 427 g/mol. The number of rotatable bonds is 8. The van der Waals surface area contributed by atoms with Gasteiger partial charge in [-0.3, -0.25) is 24.4 Å². The lowest BCUT2D eigenvalue weighted by Crippen LogP contribution is -2.52. The van der Waals surface area contributed by atoms with Crippen LogP contribution in [0.4, 0.5) is 10.5 Å². The van der Waals surface area contributed by atoms with Crippen molar-refractivity contribution in [1.82, 2.24) is 9.88 Å². The molecule has 0 saturated carbocycles. The van der Waals surface area contributed by atoms with Gasteiger partial charge in [0.05, 0.1) is 45.7 Å². The van der Waals surface area contributed by atoms with Crippen LogP contribution < -0.4 is 14.4 Å². The molecule has 31 heavy (non-hydrogen) atoms. The van der Waals surface area contributed by atoms with Crippen LogP contribution >= 0.6 is 0 Å². The number of esters is 1. The Bertz CT molecular complexity index is 977. The highest BCUT2D eigenvalue weighted by Gasteiger charge is 2.33. The zero-order valence-corrected chi connectivity index (χ0v) is 17.8. The topological polar surface area (TPSA) is 98.3 Å². The molecule has 1 aromatic carbocycles.